The molecule has 0 bridgehead atoms. The summed E-state index contributed by atoms with van der Waals surface area (Å²) in [5.74, 6) is -0.760. The summed E-state index contributed by atoms with van der Waals surface area (Å²) in [6.45, 7) is 0.949. The second kappa shape index (κ2) is 9.64. The minimum atomic E-state index is -3.72. The van der Waals surface area contributed by atoms with Crippen molar-refractivity contribution in [2.75, 3.05) is 23.7 Å². The van der Waals surface area contributed by atoms with Gasteiger partial charge in [-0.25, -0.2) is 8.42 Å². The zero-order valence-electron chi connectivity index (χ0n) is 17.3. The van der Waals surface area contributed by atoms with Crippen LogP contribution in [0.2, 0.25) is 0 Å². The SMILES string of the molecule is O=C(Nc1cccc(NC(=O)c2sccc2S(=O)(=O)N2CCCCC2)c1)c1ccccc1. The van der Waals surface area contributed by atoms with Crippen LogP contribution in [0.15, 0.2) is 70.9 Å². The van der Waals surface area contributed by atoms with Crippen LogP contribution in [0, 0.1) is 0 Å². The first kappa shape index (κ1) is 22.2. The van der Waals surface area contributed by atoms with Crippen LogP contribution < -0.4 is 10.6 Å². The van der Waals surface area contributed by atoms with E-state index in [-0.39, 0.29) is 15.7 Å². The summed E-state index contributed by atoms with van der Waals surface area (Å²) in [5, 5.41) is 7.16. The van der Waals surface area contributed by atoms with Crippen LogP contribution in [-0.4, -0.2) is 37.6 Å². The first-order valence-electron chi connectivity index (χ1n) is 10.3. The lowest BCUT2D eigenvalue weighted by Gasteiger charge is -2.25. The molecule has 1 aromatic heterocycles. The first-order chi connectivity index (χ1) is 15.4. The Morgan fingerprint density at radius 1 is 0.812 bits per heavy atom. The second-order valence-corrected chi connectivity index (χ2v) is 10.3. The van der Waals surface area contributed by atoms with Crippen molar-refractivity contribution in [1.29, 1.82) is 0 Å². The molecule has 0 saturated carbocycles. The number of hydrogen-bond acceptors (Lipinski definition) is 5. The maximum absolute atomic E-state index is 13.0. The Hall–Kier alpha value is -3.01. The maximum Gasteiger partial charge on any atom is 0.267 e. The smallest absolute Gasteiger partial charge is 0.267 e. The highest BCUT2D eigenvalue weighted by Crippen LogP contribution is 2.28. The average molecular weight is 470 g/mol. The Balaban J connectivity index is 1.49. The largest absolute Gasteiger partial charge is 0.322 e. The van der Waals surface area contributed by atoms with Crippen LogP contribution in [0.3, 0.4) is 0 Å². The van der Waals surface area contributed by atoms with Gasteiger partial charge in [0.05, 0.1) is 0 Å². The van der Waals surface area contributed by atoms with Crippen molar-refractivity contribution in [3.8, 4) is 0 Å². The Morgan fingerprint density at radius 3 is 2.16 bits per heavy atom. The number of hydrogen-bond donors (Lipinski definition) is 2. The number of nitrogens with zero attached hydrogens (tertiary/aromatic N) is 1. The summed E-state index contributed by atoms with van der Waals surface area (Å²) in [4.78, 5) is 25.5. The molecule has 0 aliphatic carbocycles. The van der Waals surface area contributed by atoms with Crippen LogP contribution in [0.1, 0.15) is 39.3 Å². The Morgan fingerprint density at radius 2 is 1.47 bits per heavy atom. The number of thiophene rings is 1. The molecule has 2 amide bonds. The lowest BCUT2D eigenvalue weighted by molar-refractivity contribution is 0.102. The number of piperidine rings is 1. The Labute approximate surface area is 191 Å². The van der Waals surface area contributed by atoms with Gasteiger partial charge >= 0.3 is 0 Å². The van der Waals surface area contributed by atoms with E-state index in [9.17, 15) is 18.0 Å². The molecule has 32 heavy (non-hydrogen) atoms. The highest BCUT2D eigenvalue weighted by molar-refractivity contribution is 7.89. The van der Waals surface area contributed by atoms with Gasteiger partial charge in [0, 0.05) is 30.0 Å². The average Bonchev–Trinajstić information content (AvgIpc) is 3.32. The van der Waals surface area contributed by atoms with E-state index in [1.807, 2.05) is 6.07 Å². The molecule has 2 N–H and O–H groups in total. The number of nitrogens with one attached hydrogen (secondary N) is 2. The third-order valence-electron chi connectivity index (χ3n) is 5.18. The van der Waals surface area contributed by atoms with E-state index in [2.05, 4.69) is 10.6 Å². The predicted octanol–water partition coefficient (Wildman–Crippen LogP) is 4.43. The van der Waals surface area contributed by atoms with Gasteiger partial charge in [0.2, 0.25) is 10.0 Å². The molecule has 3 aromatic rings. The molecular weight excluding hydrogens is 446 g/mol. The number of carbonyl (C=O) groups is 2. The van der Waals surface area contributed by atoms with Gasteiger partial charge in [0.25, 0.3) is 11.8 Å². The molecule has 1 fully saturated rings. The molecule has 0 atom stereocenters. The number of anilines is 2. The number of rotatable bonds is 6. The molecule has 7 nitrogen and oxygen atoms in total. The van der Waals surface area contributed by atoms with Crippen molar-refractivity contribution < 1.29 is 18.0 Å². The maximum atomic E-state index is 13.0. The van der Waals surface area contributed by atoms with Gasteiger partial charge in [0.1, 0.15) is 9.77 Å². The van der Waals surface area contributed by atoms with Crippen molar-refractivity contribution in [1.82, 2.24) is 4.31 Å². The molecule has 1 aliphatic rings. The first-order valence-corrected chi connectivity index (χ1v) is 12.6. The highest BCUT2D eigenvalue weighted by Gasteiger charge is 2.31. The van der Waals surface area contributed by atoms with Gasteiger partial charge in [-0.1, -0.05) is 30.7 Å². The third kappa shape index (κ3) is 4.90. The van der Waals surface area contributed by atoms with Crippen molar-refractivity contribution in [2.24, 2.45) is 0 Å². The molecule has 2 heterocycles. The molecule has 4 rings (SSSR count). The number of sulfonamides is 1. The van der Waals surface area contributed by atoms with Gasteiger partial charge in [0.15, 0.2) is 0 Å². The van der Waals surface area contributed by atoms with Crippen LogP contribution in [0.4, 0.5) is 11.4 Å². The molecule has 1 aliphatic heterocycles. The quantitative estimate of drug-likeness (QED) is 0.558. The fourth-order valence-electron chi connectivity index (χ4n) is 3.57. The van der Waals surface area contributed by atoms with E-state index in [4.69, 9.17) is 0 Å². The van der Waals surface area contributed by atoms with Gasteiger partial charge < -0.3 is 10.6 Å². The molecule has 166 valence electrons. The van der Waals surface area contributed by atoms with Crippen LogP contribution in [0.5, 0.6) is 0 Å². The lowest BCUT2D eigenvalue weighted by atomic mass is 10.2. The normalized spacial score (nSPS) is 14.6. The summed E-state index contributed by atoms with van der Waals surface area (Å²) in [6, 6.07) is 17.0. The Bertz CT molecular complexity index is 1220. The molecule has 1 saturated heterocycles. The van der Waals surface area contributed by atoms with Crippen molar-refractivity contribution in [2.45, 2.75) is 24.2 Å². The second-order valence-electron chi connectivity index (χ2n) is 7.43. The van der Waals surface area contributed by atoms with E-state index >= 15 is 0 Å². The predicted molar refractivity (Wildman–Crippen MR) is 126 cm³/mol. The summed E-state index contributed by atoms with van der Waals surface area (Å²) < 4.78 is 27.5. The van der Waals surface area contributed by atoms with Crippen molar-refractivity contribution in [3.63, 3.8) is 0 Å². The van der Waals surface area contributed by atoms with Gasteiger partial charge in [-0.2, -0.15) is 4.31 Å². The minimum Gasteiger partial charge on any atom is -0.322 e. The zero-order valence-corrected chi connectivity index (χ0v) is 18.9. The Kier molecular flexibility index (Phi) is 6.69. The fraction of sp³-hybridized carbons (Fsp3) is 0.217. The molecular formula is C23H23N3O4S2. The van der Waals surface area contributed by atoms with E-state index in [0.29, 0.717) is 30.0 Å². The molecule has 0 radical (unpaired) electrons. The molecule has 2 aromatic carbocycles. The molecule has 0 unspecified atom stereocenters. The molecule has 0 spiro atoms. The number of amides is 2. The van der Waals surface area contributed by atoms with Gasteiger partial charge in [-0.05, 0) is 54.6 Å². The topological polar surface area (TPSA) is 95.6 Å². The van der Waals surface area contributed by atoms with Gasteiger partial charge in [-0.15, -0.1) is 11.3 Å². The third-order valence-corrected chi connectivity index (χ3v) is 8.17. The molecule has 9 heteroatoms. The summed E-state index contributed by atoms with van der Waals surface area (Å²) in [6.07, 6.45) is 2.67. The number of benzene rings is 2. The van der Waals surface area contributed by atoms with Crippen LogP contribution in [0.25, 0.3) is 0 Å². The van der Waals surface area contributed by atoms with Crippen LogP contribution in [-0.2, 0) is 10.0 Å². The summed E-state index contributed by atoms with van der Waals surface area (Å²) in [5.41, 5.74) is 1.49. The van der Waals surface area contributed by atoms with E-state index in [1.165, 1.54) is 10.4 Å². The number of carbonyl (C=O) groups excluding carboxylic acids is 2. The fourth-order valence-corrected chi connectivity index (χ4v) is 6.38. The van der Waals surface area contributed by atoms with E-state index in [0.717, 1.165) is 30.6 Å². The summed E-state index contributed by atoms with van der Waals surface area (Å²) in [7, 11) is -3.72. The lowest BCUT2D eigenvalue weighted by Crippen LogP contribution is -2.36. The monoisotopic (exact) mass is 469 g/mol. The van der Waals surface area contributed by atoms with Gasteiger partial charge in [-0.3, -0.25) is 9.59 Å². The van der Waals surface area contributed by atoms with E-state index in [1.54, 1.807) is 53.9 Å². The zero-order chi connectivity index (χ0) is 22.6. The highest BCUT2D eigenvalue weighted by atomic mass is 32.2. The van der Waals surface area contributed by atoms with Crippen molar-refractivity contribution in [3.05, 3.63) is 76.5 Å². The van der Waals surface area contributed by atoms with Crippen LogP contribution >= 0.6 is 11.3 Å². The van der Waals surface area contributed by atoms with Crippen molar-refractivity contribution >= 4 is 44.5 Å². The summed E-state index contributed by atoms with van der Waals surface area (Å²) >= 11 is 1.09. The minimum absolute atomic E-state index is 0.0374. The standard InChI is InChI=1S/C23H23N3O4S2/c27-22(17-8-3-1-4-9-17)24-18-10-7-11-19(16-18)25-23(28)21-20(12-15-31-21)32(29,30)26-13-5-2-6-14-26/h1,3-4,7-12,15-16H,2,5-6,13-14H2,(H,24,27)(H,25,28). The van der Waals surface area contributed by atoms with E-state index < -0.39 is 15.9 Å².